The van der Waals surface area contributed by atoms with Crippen LogP contribution >= 0.6 is 27.3 Å². The van der Waals surface area contributed by atoms with Crippen molar-refractivity contribution >= 4 is 33.2 Å². The minimum absolute atomic E-state index is 0.117. The van der Waals surface area contributed by atoms with Gasteiger partial charge in [-0.3, -0.25) is 4.79 Å². The molecule has 2 nitrogen and oxygen atoms in total. The van der Waals surface area contributed by atoms with E-state index in [1.54, 1.807) is 4.90 Å². The highest BCUT2D eigenvalue weighted by molar-refractivity contribution is 9.11. The highest BCUT2D eigenvalue weighted by Gasteiger charge is 2.15. The number of thiophene rings is 1. The molecule has 0 saturated heterocycles. The van der Waals surface area contributed by atoms with Crippen molar-refractivity contribution < 1.29 is 4.79 Å². The van der Waals surface area contributed by atoms with Crippen LogP contribution in [0.4, 0.5) is 0 Å². The third-order valence-corrected chi connectivity index (χ3v) is 4.02. The average Bonchev–Trinajstić information content (AvgIpc) is 2.63. The predicted octanol–water partition coefficient (Wildman–Crippen LogP) is 3.63. The number of amides is 1. The van der Waals surface area contributed by atoms with Gasteiger partial charge in [0.25, 0.3) is 5.91 Å². The molecule has 1 aromatic rings. The lowest BCUT2D eigenvalue weighted by Crippen LogP contribution is -2.30. The molecule has 0 radical (unpaired) electrons. The minimum atomic E-state index is 0.117. The van der Waals surface area contributed by atoms with E-state index in [9.17, 15) is 4.79 Å². The van der Waals surface area contributed by atoms with Crippen LogP contribution in [0, 0.1) is 5.92 Å². The third kappa shape index (κ3) is 3.61. The highest BCUT2D eigenvalue weighted by atomic mass is 79.9. The Morgan fingerprint density at radius 2 is 2.27 bits per heavy atom. The molecular weight excluding hydrogens is 274 g/mol. The average molecular weight is 290 g/mol. The predicted molar refractivity (Wildman–Crippen MR) is 68.4 cm³/mol. The lowest BCUT2D eigenvalue weighted by Gasteiger charge is -2.19. The van der Waals surface area contributed by atoms with E-state index >= 15 is 0 Å². The van der Waals surface area contributed by atoms with Gasteiger partial charge in [0.1, 0.15) is 0 Å². The Hall–Kier alpha value is -0.350. The SMILES string of the molecule is CCC(C)CN(C)C(=O)c1ccc(Br)s1. The molecule has 0 bridgehead atoms. The van der Waals surface area contributed by atoms with E-state index in [1.165, 1.54) is 11.3 Å². The van der Waals surface area contributed by atoms with Gasteiger partial charge in [-0.1, -0.05) is 20.3 Å². The van der Waals surface area contributed by atoms with Crippen molar-refractivity contribution in [3.8, 4) is 0 Å². The minimum Gasteiger partial charge on any atom is -0.341 e. The molecule has 1 heterocycles. The van der Waals surface area contributed by atoms with Gasteiger partial charge in [-0.15, -0.1) is 11.3 Å². The van der Waals surface area contributed by atoms with Crippen LogP contribution in [0.2, 0.25) is 0 Å². The van der Waals surface area contributed by atoms with Crippen LogP contribution < -0.4 is 0 Å². The van der Waals surface area contributed by atoms with Crippen molar-refractivity contribution in [2.24, 2.45) is 5.92 Å². The number of halogens is 1. The molecule has 0 aliphatic heterocycles. The fraction of sp³-hybridized carbons (Fsp3) is 0.545. The summed E-state index contributed by atoms with van der Waals surface area (Å²) < 4.78 is 1.00. The number of rotatable bonds is 4. The Kier molecular flexibility index (Phi) is 4.80. The van der Waals surface area contributed by atoms with Crippen LogP contribution in [-0.4, -0.2) is 24.4 Å². The summed E-state index contributed by atoms with van der Waals surface area (Å²) in [6.45, 7) is 5.13. The number of nitrogens with zero attached hydrogens (tertiary/aromatic N) is 1. The van der Waals surface area contributed by atoms with E-state index in [0.717, 1.165) is 21.6 Å². The molecule has 1 aromatic heterocycles. The van der Waals surface area contributed by atoms with Crippen LogP contribution in [-0.2, 0) is 0 Å². The molecule has 1 unspecified atom stereocenters. The lowest BCUT2D eigenvalue weighted by molar-refractivity contribution is 0.0779. The molecule has 0 saturated carbocycles. The maximum absolute atomic E-state index is 11.9. The van der Waals surface area contributed by atoms with Crippen LogP contribution in [0.5, 0.6) is 0 Å². The third-order valence-electron chi connectivity index (χ3n) is 2.41. The second-order valence-electron chi connectivity index (χ2n) is 3.80. The molecule has 4 heteroatoms. The zero-order chi connectivity index (χ0) is 11.4. The Labute approximate surface area is 103 Å². The molecule has 84 valence electrons. The van der Waals surface area contributed by atoms with Crippen LogP contribution in [0.1, 0.15) is 29.9 Å². The lowest BCUT2D eigenvalue weighted by atomic mass is 10.1. The number of hydrogen-bond acceptors (Lipinski definition) is 2. The Morgan fingerprint density at radius 3 is 2.73 bits per heavy atom. The largest absolute Gasteiger partial charge is 0.341 e. The Bertz CT molecular complexity index is 337. The molecule has 0 fully saturated rings. The summed E-state index contributed by atoms with van der Waals surface area (Å²) in [6.07, 6.45) is 1.10. The van der Waals surface area contributed by atoms with Crippen molar-refractivity contribution in [2.75, 3.05) is 13.6 Å². The summed E-state index contributed by atoms with van der Waals surface area (Å²) in [6, 6.07) is 3.78. The molecule has 0 aliphatic rings. The first-order valence-corrected chi connectivity index (χ1v) is 6.66. The molecule has 0 aliphatic carbocycles. The Balaban J connectivity index is 2.60. The maximum atomic E-state index is 11.9. The molecule has 1 atom stereocenters. The van der Waals surface area contributed by atoms with E-state index in [4.69, 9.17) is 0 Å². The summed E-state index contributed by atoms with van der Waals surface area (Å²) >= 11 is 4.85. The van der Waals surface area contributed by atoms with Crippen molar-refractivity contribution in [3.63, 3.8) is 0 Å². The number of carbonyl (C=O) groups excluding carboxylic acids is 1. The zero-order valence-corrected chi connectivity index (χ0v) is 11.7. The van der Waals surface area contributed by atoms with Gasteiger partial charge in [-0.05, 0) is 34.0 Å². The summed E-state index contributed by atoms with van der Waals surface area (Å²) in [4.78, 5) is 14.5. The number of carbonyl (C=O) groups is 1. The standard InChI is InChI=1S/C11H16BrNOS/c1-4-8(2)7-13(3)11(14)9-5-6-10(12)15-9/h5-6,8H,4,7H2,1-3H3. The van der Waals surface area contributed by atoms with Gasteiger partial charge in [0.05, 0.1) is 8.66 Å². The topological polar surface area (TPSA) is 20.3 Å². The molecule has 1 rings (SSSR count). The van der Waals surface area contributed by atoms with Gasteiger partial charge in [0.2, 0.25) is 0 Å². The second kappa shape index (κ2) is 5.66. The van der Waals surface area contributed by atoms with Gasteiger partial charge in [0.15, 0.2) is 0 Å². The van der Waals surface area contributed by atoms with E-state index in [2.05, 4.69) is 29.8 Å². The summed E-state index contributed by atoms with van der Waals surface area (Å²) in [5.41, 5.74) is 0. The summed E-state index contributed by atoms with van der Waals surface area (Å²) in [5.74, 6) is 0.674. The van der Waals surface area contributed by atoms with Gasteiger partial charge in [-0.2, -0.15) is 0 Å². The second-order valence-corrected chi connectivity index (χ2v) is 6.27. The molecule has 0 aromatic carbocycles. The van der Waals surface area contributed by atoms with E-state index in [-0.39, 0.29) is 5.91 Å². The first-order chi connectivity index (χ1) is 7.04. The van der Waals surface area contributed by atoms with Crippen LogP contribution in [0.15, 0.2) is 15.9 Å². The maximum Gasteiger partial charge on any atom is 0.263 e. The molecule has 0 spiro atoms. The first-order valence-electron chi connectivity index (χ1n) is 5.05. The highest BCUT2D eigenvalue weighted by Crippen LogP contribution is 2.23. The summed E-state index contributed by atoms with van der Waals surface area (Å²) in [5, 5.41) is 0. The molecule has 15 heavy (non-hydrogen) atoms. The normalized spacial score (nSPS) is 12.5. The van der Waals surface area contributed by atoms with Gasteiger partial charge in [0, 0.05) is 13.6 Å². The van der Waals surface area contributed by atoms with Gasteiger partial charge >= 0.3 is 0 Å². The summed E-state index contributed by atoms with van der Waals surface area (Å²) in [7, 11) is 1.86. The monoisotopic (exact) mass is 289 g/mol. The van der Waals surface area contributed by atoms with Crippen molar-refractivity contribution in [3.05, 3.63) is 20.8 Å². The fourth-order valence-corrected chi connectivity index (χ4v) is 2.68. The fourth-order valence-electron chi connectivity index (χ4n) is 1.30. The van der Waals surface area contributed by atoms with E-state index in [0.29, 0.717) is 5.92 Å². The van der Waals surface area contributed by atoms with Gasteiger partial charge < -0.3 is 4.90 Å². The van der Waals surface area contributed by atoms with Crippen molar-refractivity contribution in [1.82, 2.24) is 4.90 Å². The molecule has 1 amide bonds. The number of hydrogen-bond donors (Lipinski definition) is 0. The first kappa shape index (κ1) is 12.7. The smallest absolute Gasteiger partial charge is 0.263 e. The van der Waals surface area contributed by atoms with Crippen LogP contribution in [0.25, 0.3) is 0 Å². The van der Waals surface area contributed by atoms with E-state index in [1.807, 2.05) is 19.2 Å². The zero-order valence-electron chi connectivity index (χ0n) is 9.29. The Morgan fingerprint density at radius 1 is 1.60 bits per heavy atom. The van der Waals surface area contributed by atoms with Crippen molar-refractivity contribution in [2.45, 2.75) is 20.3 Å². The molecule has 0 N–H and O–H groups in total. The van der Waals surface area contributed by atoms with Crippen LogP contribution in [0.3, 0.4) is 0 Å². The van der Waals surface area contributed by atoms with E-state index < -0.39 is 0 Å². The quantitative estimate of drug-likeness (QED) is 0.829. The molecular formula is C11H16BrNOS. The van der Waals surface area contributed by atoms with Crippen molar-refractivity contribution in [1.29, 1.82) is 0 Å². The van der Waals surface area contributed by atoms with Gasteiger partial charge in [-0.25, -0.2) is 0 Å².